The van der Waals surface area contributed by atoms with Crippen LogP contribution >= 0.6 is 0 Å². The van der Waals surface area contributed by atoms with E-state index in [1.165, 1.54) is 0 Å². The van der Waals surface area contributed by atoms with Gasteiger partial charge in [0.15, 0.2) is 0 Å². The molecule has 0 spiro atoms. The van der Waals surface area contributed by atoms with Crippen LogP contribution in [0.15, 0.2) is 35.3 Å². The van der Waals surface area contributed by atoms with Crippen molar-refractivity contribution in [3.8, 4) is 0 Å². The van der Waals surface area contributed by atoms with Crippen molar-refractivity contribution in [2.24, 2.45) is 10.9 Å². The molecule has 0 N–H and O–H groups in total. The van der Waals surface area contributed by atoms with Crippen molar-refractivity contribution < 1.29 is 9.53 Å². The van der Waals surface area contributed by atoms with Gasteiger partial charge in [0.2, 0.25) is 0 Å². The molecule has 0 aliphatic rings. The largest absolute Gasteiger partial charge is 0.460 e. The first kappa shape index (κ1) is 13.4. The first-order chi connectivity index (χ1) is 8.19. The molecule has 1 aromatic rings. The summed E-state index contributed by atoms with van der Waals surface area (Å²) in [7, 11) is 1.70. The van der Waals surface area contributed by atoms with Crippen molar-refractivity contribution in [1.82, 2.24) is 0 Å². The van der Waals surface area contributed by atoms with E-state index >= 15 is 0 Å². The molecule has 0 heterocycles. The summed E-state index contributed by atoms with van der Waals surface area (Å²) < 4.78 is 5.28. The zero-order valence-electron chi connectivity index (χ0n) is 10.6. The van der Waals surface area contributed by atoms with Crippen LogP contribution in [0.5, 0.6) is 0 Å². The second kappa shape index (κ2) is 6.84. The SMILES string of the molecule is CCC(C(=O)OCc1ccccc1)C(C)=NC. The van der Waals surface area contributed by atoms with Gasteiger partial charge in [-0.25, -0.2) is 0 Å². The van der Waals surface area contributed by atoms with Crippen LogP contribution in [0.3, 0.4) is 0 Å². The van der Waals surface area contributed by atoms with E-state index in [0.717, 1.165) is 17.7 Å². The van der Waals surface area contributed by atoms with Crippen LogP contribution in [-0.4, -0.2) is 18.7 Å². The van der Waals surface area contributed by atoms with Crippen molar-refractivity contribution >= 4 is 11.7 Å². The molecule has 0 aliphatic heterocycles. The minimum absolute atomic E-state index is 0.195. The minimum atomic E-state index is -0.219. The van der Waals surface area contributed by atoms with Gasteiger partial charge in [-0.1, -0.05) is 37.3 Å². The molecular weight excluding hydrogens is 214 g/mol. The van der Waals surface area contributed by atoms with Crippen LogP contribution in [-0.2, 0) is 16.1 Å². The Balaban J connectivity index is 2.54. The first-order valence-corrected chi connectivity index (χ1v) is 5.82. The van der Waals surface area contributed by atoms with Crippen LogP contribution in [0.2, 0.25) is 0 Å². The zero-order valence-corrected chi connectivity index (χ0v) is 10.6. The van der Waals surface area contributed by atoms with Crippen molar-refractivity contribution in [3.63, 3.8) is 0 Å². The van der Waals surface area contributed by atoms with Crippen molar-refractivity contribution in [2.75, 3.05) is 7.05 Å². The molecule has 0 bridgehead atoms. The fourth-order valence-corrected chi connectivity index (χ4v) is 1.62. The van der Waals surface area contributed by atoms with Crippen molar-refractivity contribution in [1.29, 1.82) is 0 Å². The molecule has 17 heavy (non-hydrogen) atoms. The molecular formula is C14H19NO2. The highest BCUT2D eigenvalue weighted by molar-refractivity contribution is 6.00. The Morgan fingerprint density at radius 2 is 2.00 bits per heavy atom. The van der Waals surface area contributed by atoms with Gasteiger partial charge in [0.1, 0.15) is 6.61 Å². The summed E-state index contributed by atoms with van der Waals surface area (Å²) in [5.74, 6) is -0.414. The average Bonchev–Trinajstić information content (AvgIpc) is 2.38. The van der Waals surface area contributed by atoms with E-state index in [1.807, 2.05) is 44.2 Å². The highest BCUT2D eigenvalue weighted by Crippen LogP contribution is 2.10. The lowest BCUT2D eigenvalue weighted by Gasteiger charge is -2.13. The van der Waals surface area contributed by atoms with E-state index < -0.39 is 0 Å². The molecule has 92 valence electrons. The monoisotopic (exact) mass is 233 g/mol. The molecule has 0 fully saturated rings. The molecule has 1 aromatic carbocycles. The summed E-state index contributed by atoms with van der Waals surface area (Å²) in [5, 5.41) is 0. The van der Waals surface area contributed by atoms with Crippen LogP contribution in [0, 0.1) is 5.92 Å². The third-order valence-corrected chi connectivity index (χ3v) is 2.77. The second-order valence-corrected chi connectivity index (χ2v) is 3.92. The quantitative estimate of drug-likeness (QED) is 0.579. The standard InChI is InChI=1S/C14H19NO2/c1-4-13(11(2)15-3)14(16)17-10-12-8-6-5-7-9-12/h5-9,13H,4,10H2,1-3H3. The second-order valence-electron chi connectivity index (χ2n) is 3.92. The van der Waals surface area contributed by atoms with Crippen LogP contribution in [0.4, 0.5) is 0 Å². The molecule has 0 radical (unpaired) electrons. The summed E-state index contributed by atoms with van der Waals surface area (Å²) in [6.45, 7) is 4.15. The summed E-state index contributed by atoms with van der Waals surface area (Å²) in [6.07, 6.45) is 0.719. The van der Waals surface area contributed by atoms with E-state index in [9.17, 15) is 4.79 Å². The van der Waals surface area contributed by atoms with E-state index in [4.69, 9.17) is 4.74 Å². The maximum absolute atomic E-state index is 11.8. The first-order valence-electron chi connectivity index (χ1n) is 5.82. The van der Waals surface area contributed by atoms with Crippen molar-refractivity contribution in [2.45, 2.75) is 26.9 Å². The number of hydrogen-bond donors (Lipinski definition) is 0. The number of carbonyl (C=O) groups excluding carboxylic acids is 1. The van der Waals surface area contributed by atoms with Gasteiger partial charge in [0, 0.05) is 12.8 Å². The maximum atomic E-state index is 11.8. The molecule has 1 rings (SSSR count). The van der Waals surface area contributed by atoms with Gasteiger partial charge in [-0.3, -0.25) is 9.79 Å². The van der Waals surface area contributed by atoms with Crippen LogP contribution in [0.25, 0.3) is 0 Å². The van der Waals surface area contributed by atoms with Gasteiger partial charge < -0.3 is 4.74 Å². The highest BCUT2D eigenvalue weighted by atomic mass is 16.5. The number of ether oxygens (including phenoxy) is 1. The average molecular weight is 233 g/mol. The lowest BCUT2D eigenvalue weighted by Crippen LogP contribution is -2.23. The molecule has 0 aliphatic carbocycles. The lowest BCUT2D eigenvalue weighted by molar-refractivity contribution is -0.147. The Kier molecular flexibility index (Phi) is 5.40. The molecule has 3 heteroatoms. The number of hydrogen-bond acceptors (Lipinski definition) is 3. The fraction of sp³-hybridized carbons (Fsp3) is 0.429. The summed E-state index contributed by atoms with van der Waals surface area (Å²) in [6, 6.07) is 9.68. The van der Waals surface area contributed by atoms with Crippen LogP contribution in [0.1, 0.15) is 25.8 Å². The highest BCUT2D eigenvalue weighted by Gasteiger charge is 2.20. The van der Waals surface area contributed by atoms with Gasteiger partial charge in [0.05, 0.1) is 5.92 Å². The molecule has 3 nitrogen and oxygen atoms in total. The van der Waals surface area contributed by atoms with Gasteiger partial charge in [0.25, 0.3) is 0 Å². The topological polar surface area (TPSA) is 38.7 Å². The molecule has 0 saturated heterocycles. The third-order valence-electron chi connectivity index (χ3n) is 2.77. The van der Waals surface area contributed by atoms with E-state index in [-0.39, 0.29) is 11.9 Å². The predicted octanol–water partition coefficient (Wildman–Crippen LogP) is 2.85. The Morgan fingerprint density at radius 1 is 1.35 bits per heavy atom. The zero-order chi connectivity index (χ0) is 12.7. The van der Waals surface area contributed by atoms with E-state index in [1.54, 1.807) is 7.05 Å². The normalized spacial score (nSPS) is 13.2. The Morgan fingerprint density at radius 3 is 2.53 bits per heavy atom. The Bertz CT molecular complexity index is 384. The van der Waals surface area contributed by atoms with E-state index in [0.29, 0.717) is 6.61 Å². The minimum Gasteiger partial charge on any atom is -0.460 e. The van der Waals surface area contributed by atoms with Gasteiger partial charge in [-0.15, -0.1) is 0 Å². The van der Waals surface area contributed by atoms with Gasteiger partial charge >= 0.3 is 5.97 Å². The van der Waals surface area contributed by atoms with Crippen molar-refractivity contribution in [3.05, 3.63) is 35.9 Å². The number of rotatable bonds is 5. The Labute approximate surface area is 103 Å². The fourth-order valence-electron chi connectivity index (χ4n) is 1.62. The smallest absolute Gasteiger partial charge is 0.314 e. The number of esters is 1. The molecule has 0 aromatic heterocycles. The lowest BCUT2D eigenvalue weighted by atomic mass is 10.0. The van der Waals surface area contributed by atoms with Crippen LogP contribution < -0.4 is 0 Å². The molecule has 0 amide bonds. The Hall–Kier alpha value is -1.64. The number of nitrogens with zero attached hydrogens (tertiary/aromatic N) is 1. The molecule has 0 saturated carbocycles. The number of benzene rings is 1. The summed E-state index contributed by atoms with van der Waals surface area (Å²) >= 11 is 0. The van der Waals surface area contributed by atoms with Gasteiger partial charge in [-0.05, 0) is 18.9 Å². The summed E-state index contributed by atoms with van der Waals surface area (Å²) in [5.41, 5.74) is 1.83. The maximum Gasteiger partial charge on any atom is 0.314 e. The summed E-state index contributed by atoms with van der Waals surface area (Å²) in [4.78, 5) is 15.9. The number of carbonyl (C=O) groups is 1. The predicted molar refractivity (Wildman–Crippen MR) is 69.1 cm³/mol. The third kappa shape index (κ3) is 4.02. The molecule has 1 unspecified atom stereocenters. The van der Waals surface area contributed by atoms with E-state index in [2.05, 4.69) is 4.99 Å². The molecule has 1 atom stereocenters. The number of aliphatic imine (C=N–C) groups is 1. The van der Waals surface area contributed by atoms with Gasteiger partial charge in [-0.2, -0.15) is 0 Å².